The molecule has 0 aromatic rings. The molecule has 0 aromatic carbocycles. The quantitative estimate of drug-likeness (QED) is 0.759. The zero-order valence-corrected chi connectivity index (χ0v) is 11.2. The Morgan fingerprint density at radius 3 is 2.76 bits per heavy atom. The summed E-state index contributed by atoms with van der Waals surface area (Å²) in [4.78, 5) is 13.9. The van der Waals surface area contributed by atoms with Gasteiger partial charge in [-0.15, -0.1) is 0 Å². The van der Waals surface area contributed by atoms with E-state index in [9.17, 15) is 4.79 Å². The van der Waals surface area contributed by atoms with Crippen molar-refractivity contribution in [2.45, 2.75) is 39.3 Å². The molecule has 2 fully saturated rings. The van der Waals surface area contributed by atoms with Crippen molar-refractivity contribution in [3.05, 3.63) is 0 Å². The molecule has 0 spiro atoms. The van der Waals surface area contributed by atoms with Gasteiger partial charge in [0.1, 0.15) is 0 Å². The van der Waals surface area contributed by atoms with Gasteiger partial charge in [-0.3, -0.25) is 10.1 Å². The van der Waals surface area contributed by atoms with Gasteiger partial charge < -0.3 is 9.64 Å². The Balaban J connectivity index is 1.94. The molecule has 17 heavy (non-hydrogen) atoms. The van der Waals surface area contributed by atoms with Crippen LogP contribution in [0.5, 0.6) is 0 Å². The van der Waals surface area contributed by atoms with E-state index in [0.29, 0.717) is 17.9 Å². The Morgan fingerprint density at radius 1 is 1.53 bits per heavy atom. The third kappa shape index (κ3) is 2.80. The van der Waals surface area contributed by atoms with Crippen LogP contribution in [0.15, 0.2) is 0 Å². The second-order valence-corrected chi connectivity index (χ2v) is 5.83. The highest BCUT2D eigenvalue weighted by atomic mass is 16.5. The van der Waals surface area contributed by atoms with E-state index in [2.05, 4.69) is 19.2 Å². The number of hydrogen-bond donors (Lipinski definition) is 1. The van der Waals surface area contributed by atoms with Gasteiger partial charge in [-0.25, -0.2) is 0 Å². The predicted octanol–water partition coefficient (Wildman–Crippen LogP) is 1.22. The first-order chi connectivity index (χ1) is 8.08. The highest BCUT2D eigenvalue weighted by Gasteiger charge is 2.46. The fourth-order valence-corrected chi connectivity index (χ4v) is 2.68. The number of carbonyl (C=O) groups is 1. The lowest BCUT2D eigenvalue weighted by atomic mass is 10.0. The van der Waals surface area contributed by atoms with Gasteiger partial charge in [-0.2, -0.15) is 0 Å². The molecule has 2 rings (SSSR count). The van der Waals surface area contributed by atoms with Gasteiger partial charge in [-0.05, 0) is 30.6 Å². The summed E-state index contributed by atoms with van der Waals surface area (Å²) in [6.07, 6.45) is 3.79. The van der Waals surface area contributed by atoms with Gasteiger partial charge in [0.05, 0.1) is 12.7 Å². The predicted molar refractivity (Wildman–Crippen MR) is 66.5 cm³/mol. The van der Waals surface area contributed by atoms with Crippen molar-refractivity contribution in [3.63, 3.8) is 0 Å². The molecule has 1 N–H and O–H groups in total. The molecule has 0 radical (unpaired) electrons. The lowest BCUT2D eigenvalue weighted by Gasteiger charge is -2.31. The number of carbonyl (C=O) groups excluding carboxylic acids is 1. The van der Waals surface area contributed by atoms with Crippen molar-refractivity contribution in [1.82, 2.24) is 10.2 Å². The molecular weight excluding hydrogens is 216 g/mol. The molecule has 0 aromatic heterocycles. The molecule has 4 heteroatoms. The number of nitrogens with one attached hydrogen (secondary N) is 1. The molecule has 1 saturated carbocycles. The van der Waals surface area contributed by atoms with Crippen LogP contribution >= 0.6 is 0 Å². The normalized spacial score (nSPS) is 26.9. The molecule has 1 unspecified atom stereocenters. The molecule has 1 atom stereocenters. The molecule has 1 aliphatic carbocycles. The van der Waals surface area contributed by atoms with Crippen LogP contribution in [-0.2, 0) is 9.53 Å². The number of hydrogen-bond acceptors (Lipinski definition) is 3. The Kier molecular flexibility index (Phi) is 3.73. The van der Waals surface area contributed by atoms with Crippen LogP contribution in [-0.4, -0.2) is 43.8 Å². The Bertz CT molecular complexity index is 287. The summed E-state index contributed by atoms with van der Waals surface area (Å²) in [6.45, 7) is 6.55. The minimum atomic E-state index is 0.225. The Labute approximate surface area is 104 Å². The first-order valence-electron chi connectivity index (χ1n) is 6.60. The maximum atomic E-state index is 11.9. The number of ether oxygens (including phenoxy) is 1. The van der Waals surface area contributed by atoms with Crippen molar-refractivity contribution in [3.8, 4) is 0 Å². The monoisotopic (exact) mass is 240 g/mol. The lowest BCUT2D eigenvalue weighted by Crippen LogP contribution is -2.44. The number of amides is 1. The Morgan fingerprint density at radius 2 is 2.24 bits per heavy atom. The van der Waals surface area contributed by atoms with Crippen molar-refractivity contribution in [2.24, 2.45) is 11.3 Å². The van der Waals surface area contributed by atoms with Crippen molar-refractivity contribution in [1.29, 1.82) is 0 Å². The number of nitrogens with zero attached hydrogens (tertiary/aromatic N) is 1. The largest absolute Gasteiger partial charge is 0.385 e. The maximum Gasteiger partial charge on any atom is 0.237 e. The number of methoxy groups -OCH3 is 1. The topological polar surface area (TPSA) is 41.6 Å². The third-order valence-electron chi connectivity index (χ3n) is 4.05. The summed E-state index contributed by atoms with van der Waals surface area (Å²) in [5.74, 6) is 0.729. The molecular formula is C13H24N2O2. The standard InChI is InChI=1S/C13H24N2O2/c1-10(2)12-14-8-11(16)15(12)9-13(4-5-13)6-7-17-3/h10,12,14H,4-9H2,1-3H3. The molecule has 1 amide bonds. The zero-order valence-electron chi connectivity index (χ0n) is 11.2. The number of rotatable bonds is 6. The maximum absolute atomic E-state index is 11.9. The van der Waals surface area contributed by atoms with Crippen LogP contribution in [0.4, 0.5) is 0 Å². The van der Waals surface area contributed by atoms with E-state index in [1.54, 1.807) is 7.11 Å². The van der Waals surface area contributed by atoms with Gasteiger partial charge in [0.15, 0.2) is 0 Å². The van der Waals surface area contributed by atoms with Gasteiger partial charge in [0.2, 0.25) is 5.91 Å². The molecule has 98 valence electrons. The van der Waals surface area contributed by atoms with Crippen LogP contribution in [0.3, 0.4) is 0 Å². The molecule has 2 aliphatic rings. The lowest BCUT2D eigenvalue weighted by molar-refractivity contribution is -0.129. The second kappa shape index (κ2) is 4.94. The van der Waals surface area contributed by atoms with E-state index in [1.807, 2.05) is 4.90 Å². The van der Waals surface area contributed by atoms with E-state index >= 15 is 0 Å². The summed E-state index contributed by atoms with van der Waals surface area (Å²) in [5.41, 5.74) is 0.352. The van der Waals surface area contributed by atoms with Crippen molar-refractivity contribution >= 4 is 5.91 Å². The summed E-state index contributed by atoms with van der Waals surface area (Å²) >= 11 is 0. The SMILES string of the molecule is COCCC1(CN2C(=O)CNC2C(C)C)CC1. The third-order valence-corrected chi connectivity index (χ3v) is 4.05. The van der Waals surface area contributed by atoms with Crippen LogP contribution in [0.1, 0.15) is 33.1 Å². The highest BCUT2D eigenvalue weighted by molar-refractivity contribution is 5.80. The summed E-state index contributed by atoms with van der Waals surface area (Å²) < 4.78 is 5.16. The van der Waals surface area contributed by atoms with Crippen molar-refractivity contribution < 1.29 is 9.53 Å². The van der Waals surface area contributed by atoms with E-state index in [1.165, 1.54) is 12.8 Å². The molecule has 0 bridgehead atoms. The second-order valence-electron chi connectivity index (χ2n) is 5.83. The zero-order chi connectivity index (χ0) is 12.5. The van der Waals surface area contributed by atoms with E-state index in [0.717, 1.165) is 19.6 Å². The van der Waals surface area contributed by atoms with Crippen LogP contribution in [0, 0.1) is 11.3 Å². The minimum Gasteiger partial charge on any atom is -0.385 e. The Hall–Kier alpha value is -0.610. The first kappa shape index (κ1) is 12.8. The summed E-state index contributed by atoms with van der Waals surface area (Å²) in [7, 11) is 1.75. The van der Waals surface area contributed by atoms with Crippen LogP contribution < -0.4 is 5.32 Å². The first-order valence-corrected chi connectivity index (χ1v) is 6.60. The summed E-state index contributed by atoms with van der Waals surface area (Å²) in [6, 6.07) is 0. The van der Waals surface area contributed by atoms with E-state index in [4.69, 9.17) is 4.74 Å². The minimum absolute atomic E-state index is 0.225. The fraction of sp³-hybridized carbons (Fsp3) is 0.923. The smallest absolute Gasteiger partial charge is 0.237 e. The van der Waals surface area contributed by atoms with Gasteiger partial charge in [-0.1, -0.05) is 13.8 Å². The molecule has 1 saturated heterocycles. The average molecular weight is 240 g/mol. The van der Waals surface area contributed by atoms with Gasteiger partial charge in [0.25, 0.3) is 0 Å². The van der Waals surface area contributed by atoms with Crippen molar-refractivity contribution in [2.75, 3.05) is 26.8 Å². The van der Waals surface area contributed by atoms with Crippen LogP contribution in [0.2, 0.25) is 0 Å². The van der Waals surface area contributed by atoms with Crippen LogP contribution in [0.25, 0.3) is 0 Å². The van der Waals surface area contributed by atoms with Gasteiger partial charge >= 0.3 is 0 Å². The molecule has 4 nitrogen and oxygen atoms in total. The summed E-state index contributed by atoms with van der Waals surface area (Å²) in [5, 5.41) is 3.31. The van der Waals surface area contributed by atoms with E-state index in [-0.39, 0.29) is 12.1 Å². The molecule has 1 aliphatic heterocycles. The van der Waals surface area contributed by atoms with E-state index < -0.39 is 0 Å². The fourth-order valence-electron chi connectivity index (χ4n) is 2.68. The highest BCUT2D eigenvalue weighted by Crippen LogP contribution is 2.49. The molecule has 1 heterocycles. The van der Waals surface area contributed by atoms with Gasteiger partial charge in [0, 0.05) is 20.3 Å². The average Bonchev–Trinajstić information content (AvgIpc) is 2.96.